The number of nitrogens with zero attached hydrogens (tertiary/aromatic N) is 2. The Morgan fingerprint density at radius 3 is 2.32 bits per heavy atom. The summed E-state index contributed by atoms with van der Waals surface area (Å²) in [4.78, 5) is 27.9. The van der Waals surface area contributed by atoms with Gasteiger partial charge in [-0.2, -0.15) is 4.31 Å². The highest BCUT2D eigenvalue weighted by molar-refractivity contribution is 7.88. The van der Waals surface area contributed by atoms with Crippen molar-refractivity contribution >= 4 is 21.8 Å². The predicted octanol–water partition coefficient (Wildman–Crippen LogP) is 2.73. The second-order valence-corrected chi connectivity index (χ2v) is 12.5. The Morgan fingerprint density at radius 2 is 1.68 bits per heavy atom. The highest BCUT2D eigenvalue weighted by Crippen LogP contribution is 2.51. The molecule has 1 saturated carbocycles. The molecule has 2 N–H and O–H groups in total. The Bertz CT molecular complexity index is 1220. The molecule has 2 amide bonds. The molecular weight excluding hydrogens is 507 g/mol. The molecule has 1 unspecified atom stereocenters. The number of benzene rings is 2. The van der Waals surface area contributed by atoms with Gasteiger partial charge in [-0.25, -0.2) is 12.8 Å². The molecule has 4 rings (SSSR count). The number of carbonyl (C=O) groups is 2. The van der Waals surface area contributed by atoms with Crippen molar-refractivity contribution in [3.8, 4) is 0 Å². The first-order chi connectivity index (χ1) is 18.1. The minimum absolute atomic E-state index is 0.0200. The van der Waals surface area contributed by atoms with Crippen LogP contribution >= 0.6 is 0 Å². The highest BCUT2D eigenvalue weighted by atomic mass is 32.2. The van der Waals surface area contributed by atoms with Gasteiger partial charge in [0.25, 0.3) is 5.91 Å². The van der Waals surface area contributed by atoms with Crippen LogP contribution in [0.15, 0.2) is 54.6 Å². The molecule has 0 bridgehead atoms. The summed E-state index contributed by atoms with van der Waals surface area (Å²) in [5, 5.41) is 6.52. The summed E-state index contributed by atoms with van der Waals surface area (Å²) < 4.78 is 38.3. The van der Waals surface area contributed by atoms with Gasteiger partial charge in [-0.05, 0) is 69.0 Å². The number of hydrogen-bond acceptors (Lipinski definition) is 5. The first-order valence-electron chi connectivity index (χ1n) is 13.2. The smallest absolute Gasteiger partial charge is 0.251 e. The maximum atomic E-state index is 13.4. The van der Waals surface area contributed by atoms with Gasteiger partial charge >= 0.3 is 0 Å². The second kappa shape index (κ2) is 11.9. The zero-order chi connectivity index (χ0) is 27.3. The van der Waals surface area contributed by atoms with Crippen molar-refractivity contribution < 1.29 is 22.4 Å². The minimum Gasteiger partial charge on any atom is -0.340 e. The fourth-order valence-corrected chi connectivity index (χ4v) is 5.96. The molecule has 206 valence electrons. The molecule has 2 fully saturated rings. The van der Waals surface area contributed by atoms with Gasteiger partial charge in [0.2, 0.25) is 15.9 Å². The van der Waals surface area contributed by atoms with E-state index in [0.29, 0.717) is 31.0 Å². The van der Waals surface area contributed by atoms with Crippen molar-refractivity contribution in [3.05, 3.63) is 71.5 Å². The van der Waals surface area contributed by atoms with E-state index in [9.17, 15) is 22.4 Å². The van der Waals surface area contributed by atoms with Crippen LogP contribution in [0.25, 0.3) is 0 Å². The van der Waals surface area contributed by atoms with E-state index < -0.39 is 16.1 Å². The van der Waals surface area contributed by atoms with Gasteiger partial charge in [0.05, 0.1) is 6.26 Å². The number of nitrogens with one attached hydrogen (secondary N) is 2. The predicted molar refractivity (Wildman–Crippen MR) is 145 cm³/mol. The molecule has 2 aliphatic rings. The molecule has 2 aromatic carbocycles. The fraction of sp³-hybridized carbons (Fsp3) is 0.500. The molecule has 0 aromatic heterocycles. The van der Waals surface area contributed by atoms with Crippen molar-refractivity contribution in [2.75, 3.05) is 39.0 Å². The number of halogens is 1. The van der Waals surface area contributed by atoms with E-state index in [2.05, 4.69) is 17.6 Å². The topological polar surface area (TPSA) is 98.8 Å². The van der Waals surface area contributed by atoms with Crippen LogP contribution in [0, 0.1) is 5.82 Å². The number of carbonyl (C=O) groups excluding carboxylic acids is 2. The largest absolute Gasteiger partial charge is 0.340 e. The van der Waals surface area contributed by atoms with Gasteiger partial charge in [0.1, 0.15) is 11.9 Å². The Morgan fingerprint density at radius 1 is 1.03 bits per heavy atom. The quantitative estimate of drug-likeness (QED) is 0.424. The normalized spacial score (nSPS) is 22.6. The number of rotatable bonds is 11. The summed E-state index contributed by atoms with van der Waals surface area (Å²) >= 11 is 0. The standard InChI is InChI=1S/C28H37FN4O4S/c1-28(20-24(28)21-11-13-23(29)14-12-21)30-15-7-6-10-25(31-26(34)22-8-4-3-5-9-22)27(35)32-16-18-33(19-17-32)38(2,36)37/h3-5,8-9,11-14,24-25,30H,6-7,10,15-20H2,1-2H3,(H,31,34)/t24?,25-,28+/m0/s1. The van der Waals surface area contributed by atoms with Crippen LogP contribution in [0.1, 0.15) is 54.4 Å². The van der Waals surface area contributed by atoms with Crippen molar-refractivity contribution in [2.45, 2.75) is 50.1 Å². The zero-order valence-electron chi connectivity index (χ0n) is 22.0. The molecule has 10 heteroatoms. The number of piperazine rings is 1. The zero-order valence-corrected chi connectivity index (χ0v) is 22.8. The van der Waals surface area contributed by atoms with Crippen LogP contribution in [0.4, 0.5) is 4.39 Å². The van der Waals surface area contributed by atoms with Gasteiger partial charge < -0.3 is 15.5 Å². The maximum Gasteiger partial charge on any atom is 0.251 e. The first-order valence-corrected chi connectivity index (χ1v) is 15.0. The van der Waals surface area contributed by atoms with Crippen LogP contribution in [-0.2, 0) is 14.8 Å². The van der Waals surface area contributed by atoms with Gasteiger partial charge in [0.15, 0.2) is 0 Å². The van der Waals surface area contributed by atoms with Crippen molar-refractivity contribution in [1.29, 1.82) is 0 Å². The van der Waals surface area contributed by atoms with Crippen molar-refractivity contribution in [3.63, 3.8) is 0 Å². The van der Waals surface area contributed by atoms with E-state index in [0.717, 1.165) is 31.4 Å². The molecule has 8 nitrogen and oxygen atoms in total. The molecule has 0 radical (unpaired) electrons. The van der Waals surface area contributed by atoms with Crippen molar-refractivity contribution in [1.82, 2.24) is 19.8 Å². The molecule has 1 heterocycles. The molecule has 1 aliphatic carbocycles. The Labute approximate surface area is 224 Å². The van der Waals surface area contributed by atoms with Gasteiger partial charge in [-0.15, -0.1) is 0 Å². The Kier molecular flexibility index (Phi) is 8.85. The minimum atomic E-state index is -3.30. The molecule has 1 saturated heterocycles. The van der Waals surface area contributed by atoms with E-state index in [1.165, 1.54) is 22.7 Å². The maximum absolute atomic E-state index is 13.4. The van der Waals surface area contributed by atoms with Crippen molar-refractivity contribution in [2.24, 2.45) is 0 Å². The third-order valence-electron chi connectivity index (χ3n) is 7.62. The average Bonchev–Trinajstić information content (AvgIpc) is 3.58. The lowest BCUT2D eigenvalue weighted by molar-refractivity contribution is -0.134. The van der Waals surface area contributed by atoms with E-state index >= 15 is 0 Å². The van der Waals surface area contributed by atoms with E-state index in [4.69, 9.17) is 0 Å². The van der Waals surface area contributed by atoms with Gasteiger partial charge in [0, 0.05) is 43.2 Å². The second-order valence-electron chi connectivity index (χ2n) is 10.5. The highest BCUT2D eigenvalue weighted by Gasteiger charge is 2.50. The lowest BCUT2D eigenvalue weighted by atomic mass is 10.1. The molecule has 3 atom stereocenters. The Hall–Kier alpha value is -2.82. The fourth-order valence-electron chi connectivity index (χ4n) is 5.14. The monoisotopic (exact) mass is 544 g/mol. The summed E-state index contributed by atoms with van der Waals surface area (Å²) in [5.74, 6) is -0.358. The summed E-state index contributed by atoms with van der Waals surface area (Å²) in [5.41, 5.74) is 1.60. The third kappa shape index (κ3) is 7.18. The lowest BCUT2D eigenvalue weighted by Gasteiger charge is -2.35. The molecule has 38 heavy (non-hydrogen) atoms. The van der Waals surface area contributed by atoms with Crippen LogP contribution in [0.2, 0.25) is 0 Å². The average molecular weight is 545 g/mol. The van der Waals surface area contributed by atoms with Crippen LogP contribution in [0.5, 0.6) is 0 Å². The Balaban J connectivity index is 1.29. The number of sulfonamides is 1. The summed E-state index contributed by atoms with van der Waals surface area (Å²) in [6.07, 6.45) is 4.22. The molecule has 1 aliphatic heterocycles. The SMILES string of the molecule is C[C@@]1(NCCCC[C@H](NC(=O)c2ccccc2)C(=O)N2CCN(S(C)(=O)=O)CC2)CC1c1ccc(F)cc1. The van der Waals surface area contributed by atoms with Crippen LogP contribution in [-0.4, -0.2) is 80.0 Å². The van der Waals surface area contributed by atoms with Gasteiger partial charge in [-0.1, -0.05) is 30.3 Å². The number of unbranched alkanes of at least 4 members (excludes halogenated alkanes) is 1. The summed E-state index contributed by atoms with van der Waals surface area (Å²) in [6, 6.07) is 14.8. The summed E-state index contributed by atoms with van der Waals surface area (Å²) in [6.45, 7) is 4.05. The van der Waals surface area contributed by atoms with Crippen LogP contribution in [0.3, 0.4) is 0 Å². The lowest BCUT2D eigenvalue weighted by Crippen LogP contribution is -2.55. The molecular formula is C28H37FN4O4S. The van der Waals surface area contributed by atoms with E-state index in [-0.39, 0.29) is 36.3 Å². The number of hydrogen-bond donors (Lipinski definition) is 2. The third-order valence-corrected chi connectivity index (χ3v) is 8.92. The summed E-state index contributed by atoms with van der Waals surface area (Å²) in [7, 11) is -3.30. The first kappa shape index (κ1) is 28.2. The van der Waals surface area contributed by atoms with Crippen LogP contribution < -0.4 is 10.6 Å². The van der Waals surface area contributed by atoms with E-state index in [1.807, 2.05) is 18.2 Å². The molecule has 2 aromatic rings. The van der Waals surface area contributed by atoms with E-state index in [1.54, 1.807) is 29.2 Å². The molecule has 0 spiro atoms. The van der Waals surface area contributed by atoms with Gasteiger partial charge in [-0.3, -0.25) is 9.59 Å². The number of amides is 2.